The molecule has 1 aliphatic carbocycles. The van der Waals surface area contributed by atoms with Gasteiger partial charge in [-0.15, -0.1) is 11.3 Å². The largest absolute Gasteiger partial charge is 0.327 e. The molecule has 0 aliphatic heterocycles. The maximum atomic E-state index is 6.07. The van der Waals surface area contributed by atoms with Gasteiger partial charge in [0, 0.05) is 17.2 Å². The first-order chi connectivity index (χ1) is 14.2. The van der Waals surface area contributed by atoms with Gasteiger partial charge in [0.15, 0.2) is 0 Å². The van der Waals surface area contributed by atoms with Crippen LogP contribution < -0.4 is 5.73 Å². The lowest BCUT2D eigenvalue weighted by atomic mass is 9.94. The van der Waals surface area contributed by atoms with Crippen LogP contribution in [0.3, 0.4) is 0 Å². The van der Waals surface area contributed by atoms with Crippen molar-refractivity contribution in [1.29, 1.82) is 0 Å². The second-order valence-electron chi connectivity index (χ2n) is 8.03. The van der Waals surface area contributed by atoms with Crippen molar-refractivity contribution in [3.05, 3.63) is 59.9 Å². The minimum Gasteiger partial charge on any atom is -0.327 e. The Balaban J connectivity index is 1.67. The summed E-state index contributed by atoms with van der Waals surface area (Å²) in [4.78, 5) is 9.58. The van der Waals surface area contributed by atoms with Crippen molar-refractivity contribution in [3.8, 4) is 22.5 Å². The highest BCUT2D eigenvalue weighted by Crippen LogP contribution is 2.39. The number of rotatable bonds is 4. The summed E-state index contributed by atoms with van der Waals surface area (Å²) in [7, 11) is 0. The first-order valence-electron chi connectivity index (χ1n) is 10.5. The topological polar surface area (TPSA) is 56.7 Å². The molecule has 1 aliphatic rings. The Labute approximate surface area is 175 Å². The summed E-state index contributed by atoms with van der Waals surface area (Å²) < 4.78 is 3.61. The van der Waals surface area contributed by atoms with Gasteiger partial charge in [0.1, 0.15) is 5.01 Å². The lowest BCUT2D eigenvalue weighted by molar-refractivity contribution is 0.355. The van der Waals surface area contributed by atoms with Crippen LogP contribution in [-0.2, 0) is 0 Å². The molecular weight excluding hydrogens is 376 g/mol. The fourth-order valence-electron chi connectivity index (χ4n) is 4.37. The molecule has 4 nitrogen and oxygen atoms in total. The number of fused-ring (bicyclic) bond motifs is 1. The Morgan fingerprint density at radius 1 is 1.03 bits per heavy atom. The molecule has 0 spiro atoms. The molecule has 0 radical (unpaired) electrons. The van der Waals surface area contributed by atoms with Crippen LogP contribution in [0.2, 0.25) is 0 Å². The summed E-state index contributed by atoms with van der Waals surface area (Å²) in [5.41, 5.74) is 11.7. The Bertz CT molecular complexity index is 1120. The third-order valence-corrected chi connectivity index (χ3v) is 7.10. The molecule has 1 unspecified atom stereocenters. The molecule has 5 heteroatoms. The van der Waals surface area contributed by atoms with Gasteiger partial charge < -0.3 is 10.3 Å². The Morgan fingerprint density at radius 3 is 2.59 bits per heavy atom. The van der Waals surface area contributed by atoms with E-state index in [0.29, 0.717) is 6.04 Å². The lowest BCUT2D eigenvalue weighted by Gasteiger charge is -2.25. The highest BCUT2D eigenvalue weighted by molar-refractivity contribution is 7.18. The van der Waals surface area contributed by atoms with Gasteiger partial charge >= 0.3 is 0 Å². The van der Waals surface area contributed by atoms with E-state index in [-0.39, 0.29) is 6.04 Å². The summed E-state index contributed by atoms with van der Waals surface area (Å²) in [6.45, 7) is 1.99. The standard InChI is InChI=1S/C24H26N4S/c1-16(25)24-27-20-13-12-18(14-21(20)29-24)23-22(17-8-4-2-5-9-17)26-15-28(23)19-10-6-3-7-11-19/h2,4-5,8-9,12-16,19H,3,6-7,10-11,25H2,1H3. The Morgan fingerprint density at radius 2 is 1.83 bits per heavy atom. The molecular formula is C24H26N4S. The van der Waals surface area contributed by atoms with Gasteiger partial charge in [-0.25, -0.2) is 9.97 Å². The van der Waals surface area contributed by atoms with E-state index in [1.54, 1.807) is 11.3 Å². The summed E-state index contributed by atoms with van der Waals surface area (Å²) in [6, 6.07) is 17.6. The average Bonchev–Trinajstić information content (AvgIpc) is 3.39. The molecule has 4 aromatic rings. The molecule has 2 N–H and O–H groups in total. The van der Waals surface area contributed by atoms with Gasteiger partial charge in [0.2, 0.25) is 0 Å². The summed E-state index contributed by atoms with van der Waals surface area (Å²) >= 11 is 1.69. The highest BCUT2D eigenvalue weighted by atomic mass is 32.1. The predicted octanol–water partition coefficient (Wildman–Crippen LogP) is 6.35. The molecule has 1 saturated carbocycles. The van der Waals surface area contributed by atoms with E-state index in [1.807, 2.05) is 6.92 Å². The number of thiazole rings is 1. The maximum absolute atomic E-state index is 6.07. The smallest absolute Gasteiger partial charge is 0.110 e. The van der Waals surface area contributed by atoms with Crippen molar-refractivity contribution >= 4 is 21.6 Å². The Hall–Kier alpha value is -2.50. The molecule has 5 rings (SSSR count). The third kappa shape index (κ3) is 3.49. The molecule has 2 heterocycles. The lowest BCUT2D eigenvalue weighted by Crippen LogP contribution is -2.13. The molecule has 29 heavy (non-hydrogen) atoms. The molecule has 0 saturated heterocycles. The van der Waals surface area contributed by atoms with Gasteiger partial charge in [0.05, 0.1) is 34.0 Å². The molecule has 0 bridgehead atoms. The number of nitrogens with zero attached hydrogens (tertiary/aromatic N) is 3. The minimum absolute atomic E-state index is 0.0384. The van der Waals surface area contributed by atoms with Crippen LogP contribution in [0.15, 0.2) is 54.9 Å². The number of nitrogens with two attached hydrogens (primary N) is 1. The normalized spacial score (nSPS) is 16.3. The molecule has 2 aromatic carbocycles. The quantitative estimate of drug-likeness (QED) is 0.432. The average molecular weight is 403 g/mol. The summed E-state index contributed by atoms with van der Waals surface area (Å²) in [6.07, 6.45) is 8.46. The van der Waals surface area contributed by atoms with Crippen molar-refractivity contribution < 1.29 is 0 Å². The molecule has 1 fully saturated rings. The van der Waals surface area contributed by atoms with Gasteiger partial charge in [-0.1, -0.05) is 55.7 Å². The van der Waals surface area contributed by atoms with Crippen LogP contribution in [0, 0.1) is 0 Å². The van der Waals surface area contributed by atoms with Crippen molar-refractivity contribution in [2.75, 3.05) is 0 Å². The number of aromatic nitrogens is 3. The molecule has 0 amide bonds. The van der Waals surface area contributed by atoms with E-state index in [4.69, 9.17) is 15.7 Å². The zero-order chi connectivity index (χ0) is 19.8. The number of hydrogen-bond acceptors (Lipinski definition) is 4. The highest BCUT2D eigenvalue weighted by Gasteiger charge is 2.23. The first-order valence-corrected chi connectivity index (χ1v) is 11.3. The van der Waals surface area contributed by atoms with E-state index >= 15 is 0 Å². The van der Waals surface area contributed by atoms with Crippen LogP contribution in [0.1, 0.15) is 56.1 Å². The van der Waals surface area contributed by atoms with Crippen LogP contribution in [0.5, 0.6) is 0 Å². The van der Waals surface area contributed by atoms with E-state index in [1.165, 1.54) is 48.1 Å². The van der Waals surface area contributed by atoms with E-state index in [2.05, 4.69) is 59.4 Å². The minimum atomic E-state index is -0.0384. The van der Waals surface area contributed by atoms with Gasteiger partial charge in [-0.05, 0) is 31.9 Å². The SMILES string of the molecule is CC(N)c1nc2ccc(-c3c(-c4ccccc4)ncn3C3CCCCC3)cc2s1. The second-order valence-corrected chi connectivity index (χ2v) is 9.09. The van der Waals surface area contributed by atoms with E-state index < -0.39 is 0 Å². The summed E-state index contributed by atoms with van der Waals surface area (Å²) in [5.74, 6) is 0. The van der Waals surface area contributed by atoms with Crippen molar-refractivity contribution in [2.24, 2.45) is 5.73 Å². The fourth-order valence-corrected chi connectivity index (χ4v) is 5.33. The second kappa shape index (κ2) is 7.73. The monoisotopic (exact) mass is 402 g/mol. The maximum Gasteiger partial charge on any atom is 0.110 e. The van der Waals surface area contributed by atoms with Crippen LogP contribution in [0.4, 0.5) is 0 Å². The number of benzene rings is 2. The zero-order valence-electron chi connectivity index (χ0n) is 16.7. The van der Waals surface area contributed by atoms with Crippen LogP contribution in [-0.4, -0.2) is 14.5 Å². The summed E-state index contributed by atoms with van der Waals surface area (Å²) in [5, 5.41) is 0.987. The Kier molecular flexibility index (Phi) is 4.94. The van der Waals surface area contributed by atoms with Crippen molar-refractivity contribution in [3.63, 3.8) is 0 Å². The number of imidazole rings is 1. The van der Waals surface area contributed by atoms with Gasteiger partial charge in [-0.3, -0.25) is 0 Å². The zero-order valence-corrected chi connectivity index (χ0v) is 17.5. The van der Waals surface area contributed by atoms with Crippen LogP contribution in [0.25, 0.3) is 32.7 Å². The molecule has 148 valence electrons. The van der Waals surface area contributed by atoms with Crippen molar-refractivity contribution in [1.82, 2.24) is 14.5 Å². The fraction of sp³-hybridized carbons (Fsp3) is 0.333. The van der Waals surface area contributed by atoms with Gasteiger partial charge in [-0.2, -0.15) is 0 Å². The van der Waals surface area contributed by atoms with E-state index in [9.17, 15) is 0 Å². The molecule has 1 atom stereocenters. The first kappa shape index (κ1) is 18.5. The van der Waals surface area contributed by atoms with Crippen LogP contribution >= 0.6 is 11.3 Å². The van der Waals surface area contributed by atoms with Crippen molar-refractivity contribution in [2.45, 2.75) is 51.1 Å². The predicted molar refractivity (Wildman–Crippen MR) is 121 cm³/mol. The number of hydrogen-bond donors (Lipinski definition) is 1. The van der Waals surface area contributed by atoms with Gasteiger partial charge in [0.25, 0.3) is 0 Å². The third-order valence-electron chi connectivity index (χ3n) is 5.88. The van der Waals surface area contributed by atoms with E-state index in [0.717, 1.165) is 21.8 Å². The molecule has 2 aromatic heterocycles.